The van der Waals surface area contributed by atoms with E-state index in [1.807, 2.05) is 60.3 Å². The Kier molecular flexibility index (Phi) is 5.17. The molecular weight excluding hydrogens is 393 g/mol. The van der Waals surface area contributed by atoms with Crippen LogP contribution in [0.2, 0.25) is 0 Å². The molecule has 1 aliphatic rings. The SMILES string of the molecule is CC(NC(=O)C(C)n1nc(C(F)(F)F)cc1C1CC1)c1cccc(-n2cccc2)c1. The van der Waals surface area contributed by atoms with Crippen molar-refractivity contribution in [2.24, 2.45) is 0 Å². The number of hydrogen-bond donors (Lipinski definition) is 1. The highest BCUT2D eigenvalue weighted by Crippen LogP contribution is 2.43. The van der Waals surface area contributed by atoms with Crippen molar-refractivity contribution in [2.75, 3.05) is 0 Å². The van der Waals surface area contributed by atoms with Gasteiger partial charge in [0.05, 0.1) is 6.04 Å². The highest BCUT2D eigenvalue weighted by Gasteiger charge is 2.39. The second-order valence-corrected chi connectivity index (χ2v) is 7.76. The molecule has 1 N–H and O–H groups in total. The molecule has 1 aromatic carbocycles. The molecule has 8 heteroatoms. The third kappa shape index (κ3) is 4.13. The number of aromatic nitrogens is 3. The summed E-state index contributed by atoms with van der Waals surface area (Å²) in [6.45, 7) is 3.43. The van der Waals surface area contributed by atoms with Crippen LogP contribution in [-0.2, 0) is 11.0 Å². The predicted octanol–water partition coefficient (Wildman–Crippen LogP) is 5.01. The quantitative estimate of drug-likeness (QED) is 0.614. The van der Waals surface area contributed by atoms with Crippen LogP contribution >= 0.6 is 0 Å². The van der Waals surface area contributed by atoms with Crippen LogP contribution < -0.4 is 5.32 Å². The smallest absolute Gasteiger partial charge is 0.348 e. The fourth-order valence-corrected chi connectivity index (χ4v) is 3.53. The third-order valence-corrected chi connectivity index (χ3v) is 5.43. The van der Waals surface area contributed by atoms with Crippen molar-refractivity contribution in [1.82, 2.24) is 19.7 Å². The molecule has 5 nitrogen and oxygen atoms in total. The van der Waals surface area contributed by atoms with E-state index in [2.05, 4.69) is 10.4 Å². The van der Waals surface area contributed by atoms with Gasteiger partial charge in [0, 0.05) is 29.7 Å². The molecular formula is C22H23F3N4O. The van der Waals surface area contributed by atoms with Crippen LogP contribution in [0.5, 0.6) is 0 Å². The Morgan fingerprint density at radius 3 is 2.47 bits per heavy atom. The van der Waals surface area contributed by atoms with Gasteiger partial charge in [0.2, 0.25) is 5.91 Å². The molecule has 1 saturated carbocycles. The molecule has 1 aliphatic carbocycles. The maximum atomic E-state index is 13.1. The number of halogens is 3. The van der Waals surface area contributed by atoms with Gasteiger partial charge in [-0.25, -0.2) is 0 Å². The van der Waals surface area contributed by atoms with E-state index in [4.69, 9.17) is 0 Å². The number of nitrogens with one attached hydrogen (secondary N) is 1. The molecule has 0 aliphatic heterocycles. The standard InChI is InChI=1S/C22H23F3N4O/c1-14(17-6-5-7-18(12-17)28-10-3-4-11-28)26-21(30)15(2)29-19(16-8-9-16)13-20(27-29)22(23,24)25/h3-7,10-16H,8-9H2,1-2H3,(H,26,30). The summed E-state index contributed by atoms with van der Waals surface area (Å²) in [6.07, 6.45) is 0.969. The lowest BCUT2D eigenvalue weighted by atomic mass is 10.1. The maximum absolute atomic E-state index is 13.1. The molecule has 2 heterocycles. The third-order valence-electron chi connectivity index (χ3n) is 5.43. The molecule has 30 heavy (non-hydrogen) atoms. The molecule has 0 bridgehead atoms. The summed E-state index contributed by atoms with van der Waals surface area (Å²) in [5, 5.41) is 6.63. The highest BCUT2D eigenvalue weighted by molar-refractivity contribution is 5.80. The van der Waals surface area contributed by atoms with E-state index < -0.39 is 17.9 Å². The Morgan fingerprint density at radius 1 is 1.13 bits per heavy atom. The van der Waals surface area contributed by atoms with Crippen LogP contribution in [-0.4, -0.2) is 20.3 Å². The van der Waals surface area contributed by atoms with Gasteiger partial charge >= 0.3 is 6.18 Å². The van der Waals surface area contributed by atoms with Crippen molar-refractivity contribution >= 4 is 5.91 Å². The van der Waals surface area contributed by atoms with Gasteiger partial charge in [-0.1, -0.05) is 12.1 Å². The molecule has 2 aromatic heterocycles. The zero-order valence-corrected chi connectivity index (χ0v) is 16.7. The lowest BCUT2D eigenvalue weighted by molar-refractivity contribution is -0.142. The van der Waals surface area contributed by atoms with Gasteiger partial charge in [0.15, 0.2) is 5.69 Å². The Morgan fingerprint density at radius 2 is 1.83 bits per heavy atom. The fourth-order valence-electron chi connectivity index (χ4n) is 3.53. The van der Waals surface area contributed by atoms with Gasteiger partial charge in [0.25, 0.3) is 0 Å². The van der Waals surface area contributed by atoms with Crippen molar-refractivity contribution in [3.05, 3.63) is 71.8 Å². The Balaban J connectivity index is 1.51. The van der Waals surface area contributed by atoms with Crippen LogP contribution in [0.1, 0.15) is 61.6 Å². The van der Waals surface area contributed by atoms with Crippen molar-refractivity contribution in [3.63, 3.8) is 0 Å². The van der Waals surface area contributed by atoms with Gasteiger partial charge in [-0.2, -0.15) is 18.3 Å². The van der Waals surface area contributed by atoms with E-state index >= 15 is 0 Å². The lowest BCUT2D eigenvalue weighted by Crippen LogP contribution is -2.34. The van der Waals surface area contributed by atoms with Crippen LogP contribution in [0.15, 0.2) is 54.9 Å². The lowest BCUT2D eigenvalue weighted by Gasteiger charge is -2.20. The molecule has 1 amide bonds. The van der Waals surface area contributed by atoms with E-state index in [0.29, 0.717) is 5.69 Å². The zero-order chi connectivity index (χ0) is 21.5. The molecule has 0 radical (unpaired) electrons. The number of rotatable bonds is 6. The summed E-state index contributed by atoms with van der Waals surface area (Å²) in [4.78, 5) is 12.8. The monoisotopic (exact) mass is 416 g/mol. The zero-order valence-electron chi connectivity index (χ0n) is 16.7. The Labute approximate surface area is 172 Å². The predicted molar refractivity (Wildman–Crippen MR) is 106 cm³/mol. The number of nitrogens with zero attached hydrogens (tertiary/aromatic N) is 3. The minimum Gasteiger partial charge on any atom is -0.348 e. The van der Waals surface area contributed by atoms with Gasteiger partial charge in [-0.3, -0.25) is 9.48 Å². The number of hydrogen-bond acceptors (Lipinski definition) is 2. The van der Waals surface area contributed by atoms with Crippen molar-refractivity contribution < 1.29 is 18.0 Å². The second kappa shape index (κ2) is 7.66. The van der Waals surface area contributed by atoms with E-state index in [-0.39, 0.29) is 17.9 Å². The minimum absolute atomic E-state index is 0.0412. The van der Waals surface area contributed by atoms with E-state index in [1.54, 1.807) is 6.92 Å². The van der Waals surface area contributed by atoms with Gasteiger partial charge in [0.1, 0.15) is 6.04 Å². The largest absolute Gasteiger partial charge is 0.435 e. The van der Waals surface area contributed by atoms with E-state index in [0.717, 1.165) is 30.2 Å². The van der Waals surface area contributed by atoms with Crippen LogP contribution in [0.3, 0.4) is 0 Å². The summed E-state index contributed by atoms with van der Waals surface area (Å²) in [5.41, 5.74) is 1.40. The summed E-state index contributed by atoms with van der Waals surface area (Å²) < 4.78 is 42.6. The summed E-state index contributed by atoms with van der Waals surface area (Å²) in [6, 6.07) is 11.5. The van der Waals surface area contributed by atoms with E-state index in [9.17, 15) is 18.0 Å². The molecule has 1 fully saturated rings. The first-order valence-electron chi connectivity index (χ1n) is 9.94. The average molecular weight is 416 g/mol. The average Bonchev–Trinajstić information content (AvgIpc) is 3.21. The summed E-state index contributed by atoms with van der Waals surface area (Å²) in [7, 11) is 0. The van der Waals surface area contributed by atoms with Crippen LogP contribution in [0.25, 0.3) is 5.69 Å². The first-order chi connectivity index (χ1) is 14.2. The van der Waals surface area contributed by atoms with Gasteiger partial charge in [-0.15, -0.1) is 0 Å². The highest BCUT2D eigenvalue weighted by atomic mass is 19.4. The maximum Gasteiger partial charge on any atom is 0.435 e. The topological polar surface area (TPSA) is 51.9 Å². The molecule has 3 aromatic rings. The fraction of sp³-hybridized carbons (Fsp3) is 0.364. The minimum atomic E-state index is -4.53. The summed E-state index contributed by atoms with van der Waals surface area (Å²) in [5.74, 6) is -0.327. The molecule has 4 rings (SSSR count). The first-order valence-corrected chi connectivity index (χ1v) is 9.94. The number of benzene rings is 1. The molecule has 2 unspecified atom stereocenters. The number of amides is 1. The van der Waals surface area contributed by atoms with Crippen molar-refractivity contribution in [2.45, 2.75) is 50.9 Å². The van der Waals surface area contributed by atoms with Crippen LogP contribution in [0.4, 0.5) is 13.2 Å². The van der Waals surface area contributed by atoms with Crippen LogP contribution in [0, 0.1) is 0 Å². The second-order valence-electron chi connectivity index (χ2n) is 7.76. The van der Waals surface area contributed by atoms with Crippen molar-refractivity contribution in [3.8, 4) is 5.69 Å². The number of alkyl halides is 3. The van der Waals surface area contributed by atoms with E-state index in [1.165, 1.54) is 4.68 Å². The molecule has 0 saturated heterocycles. The number of carbonyl (C=O) groups excluding carboxylic acids is 1. The first kappa shape index (κ1) is 20.3. The van der Waals surface area contributed by atoms with Crippen molar-refractivity contribution in [1.29, 1.82) is 0 Å². The number of carbonyl (C=O) groups is 1. The van der Waals surface area contributed by atoms with Gasteiger partial charge < -0.3 is 9.88 Å². The Hall–Kier alpha value is -3.03. The normalized spacial score (nSPS) is 16.3. The Bertz CT molecular complexity index is 1040. The molecule has 158 valence electrons. The molecule has 2 atom stereocenters. The van der Waals surface area contributed by atoms with Gasteiger partial charge in [-0.05, 0) is 62.6 Å². The molecule has 0 spiro atoms. The summed E-state index contributed by atoms with van der Waals surface area (Å²) >= 11 is 0.